The fourth-order valence-electron chi connectivity index (χ4n) is 0.847. The van der Waals surface area contributed by atoms with E-state index >= 15 is 0 Å². The number of carbonyl (C=O) groups excluding carboxylic acids is 1. The van der Waals surface area contributed by atoms with Crippen molar-refractivity contribution < 1.29 is 9.72 Å². The average Bonchev–Trinajstić information content (AvgIpc) is 2.16. The van der Waals surface area contributed by atoms with E-state index in [-0.39, 0.29) is 5.56 Å². The predicted molar refractivity (Wildman–Crippen MR) is 52.4 cm³/mol. The molecule has 0 amide bonds. The number of hydrogen-bond acceptors (Lipinski definition) is 3. The van der Waals surface area contributed by atoms with E-state index in [0.717, 1.165) is 0 Å². The molecular formula is C8H5Cl2NO3. The van der Waals surface area contributed by atoms with Gasteiger partial charge in [0, 0.05) is 15.5 Å². The molecule has 0 bridgehead atoms. The molecule has 0 saturated carbocycles. The van der Waals surface area contributed by atoms with Crippen LogP contribution in [0.3, 0.4) is 0 Å². The second-order valence-corrected chi connectivity index (χ2v) is 3.34. The fourth-order valence-corrected chi connectivity index (χ4v) is 1.10. The SMILES string of the molecule is O=C(c1ccc(Cl)cc1)C(Cl)[N+](=O)[O-]. The molecule has 74 valence electrons. The number of nitrogens with zero attached hydrogens (tertiary/aromatic N) is 1. The minimum atomic E-state index is -1.74. The Labute approximate surface area is 89.6 Å². The minimum Gasteiger partial charge on any atom is -0.285 e. The van der Waals surface area contributed by atoms with E-state index in [9.17, 15) is 14.9 Å². The lowest BCUT2D eigenvalue weighted by molar-refractivity contribution is -0.482. The van der Waals surface area contributed by atoms with Gasteiger partial charge in [0.25, 0.3) is 5.78 Å². The van der Waals surface area contributed by atoms with Crippen molar-refractivity contribution in [3.63, 3.8) is 0 Å². The van der Waals surface area contributed by atoms with Crippen LogP contribution in [0.4, 0.5) is 0 Å². The Hall–Kier alpha value is -1.13. The molecule has 0 N–H and O–H groups in total. The first-order valence-electron chi connectivity index (χ1n) is 3.59. The second kappa shape index (κ2) is 4.39. The van der Waals surface area contributed by atoms with E-state index in [1.165, 1.54) is 24.3 Å². The summed E-state index contributed by atoms with van der Waals surface area (Å²) in [6.45, 7) is 0. The summed E-state index contributed by atoms with van der Waals surface area (Å²) in [7, 11) is 0. The summed E-state index contributed by atoms with van der Waals surface area (Å²) in [5.41, 5.74) is -1.57. The zero-order chi connectivity index (χ0) is 10.7. The molecule has 0 saturated heterocycles. The molecule has 0 radical (unpaired) electrons. The van der Waals surface area contributed by atoms with Gasteiger partial charge in [-0.15, -0.1) is 0 Å². The van der Waals surface area contributed by atoms with Crippen molar-refractivity contribution >= 4 is 29.0 Å². The number of halogens is 2. The third-order valence-electron chi connectivity index (χ3n) is 1.53. The van der Waals surface area contributed by atoms with Gasteiger partial charge in [-0.25, -0.2) is 0 Å². The first kappa shape index (κ1) is 10.9. The number of benzene rings is 1. The number of Topliss-reactive ketones (excluding diaryl/α,β-unsaturated/α-hetero) is 1. The first-order valence-corrected chi connectivity index (χ1v) is 4.41. The number of hydrogen-bond donors (Lipinski definition) is 0. The largest absolute Gasteiger partial charge is 0.348 e. The van der Waals surface area contributed by atoms with Crippen LogP contribution in [-0.2, 0) is 0 Å². The maximum Gasteiger partial charge on any atom is 0.348 e. The zero-order valence-corrected chi connectivity index (χ0v) is 8.33. The summed E-state index contributed by atoms with van der Waals surface area (Å²) in [5.74, 6) is -0.742. The van der Waals surface area contributed by atoms with E-state index in [0.29, 0.717) is 5.02 Å². The predicted octanol–water partition coefficient (Wildman–Crippen LogP) is 2.36. The molecule has 1 aromatic carbocycles. The average molecular weight is 234 g/mol. The highest BCUT2D eigenvalue weighted by atomic mass is 35.5. The zero-order valence-electron chi connectivity index (χ0n) is 6.81. The van der Waals surface area contributed by atoms with Crippen molar-refractivity contribution in [1.82, 2.24) is 0 Å². The Morgan fingerprint density at radius 2 is 1.86 bits per heavy atom. The molecule has 4 nitrogen and oxygen atoms in total. The Morgan fingerprint density at radius 1 is 1.36 bits per heavy atom. The topological polar surface area (TPSA) is 60.2 Å². The normalized spacial score (nSPS) is 12.1. The van der Waals surface area contributed by atoms with Crippen molar-refractivity contribution in [3.05, 3.63) is 45.0 Å². The number of ketones is 1. The van der Waals surface area contributed by atoms with Gasteiger partial charge in [0.05, 0.1) is 0 Å². The molecule has 0 aliphatic rings. The van der Waals surface area contributed by atoms with Gasteiger partial charge < -0.3 is 0 Å². The van der Waals surface area contributed by atoms with Crippen LogP contribution in [0, 0.1) is 10.1 Å². The fraction of sp³-hybridized carbons (Fsp3) is 0.125. The molecule has 0 heterocycles. The highest BCUT2D eigenvalue weighted by Crippen LogP contribution is 2.13. The van der Waals surface area contributed by atoms with Crippen molar-refractivity contribution in [2.24, 2.45) is 0 Å². The van der Waals surface area contributed by atoms with Gasteiger partial charge in [0.15, 0.2) is 0 Å². The molecule has 1 aromatic rings. The van der Waals surface area contributed by atoms with Crippen LogP contribution in [0.5, 0.6) is 0 Å². The Kier molecular flexibility index (Phi) is 3.43. The van der Waals surface area contributed by atoms with Gasteiger partial charge in [-0.1, -0.05) is 11.6 Å². The van der Waals surface area contributed by atoms with Crippen molar-refractivity contribution in [2.75, 3.05) is 0 Å². The number of rotatable bonds is 3. The molecule has 1 unspecified atom stereocenters. The van der Waals surface area contributed by atoms with Crippen LogP contribution < -0.4 is 0 Å². The van der Waals surface area contributed by atoms with E-state index in [1.807, 2.05) is 0 Å². The maximum absolute atomic E-state index is 11.3. The first-order chi connectivity index (χ1) is 6.52. The minimum absolute atomic E-state index is 0.172. The Bertz CT molecular complexity index is 363. The molecule has 0 aliphatic heterocycles. The lowest BCUT2D eigenvalue weighted by atomic mass is 10.1. The number of alkyl halides is 1. The molecule has 0 spiro atoms. The van der Waals surface area contributed by atoms with Crippen molar-refractivity contribution in [3.8, 4) is 0 Å². The molecule has 0 aromatic heterocycles. The number of carbonyl (C=O) groups is 1. The van der Waals surface area contributed by atoms with Crippen molar-refractivity contribution in [2.45, 2.75) is 5.50 Å². The molecule has 1 rings (SSSR count). The van der Waals surface area contributed by atoms with E-state index < -0.39 is 16.2 Å². The van der Waals surface area contributed by atoms with Crippen LogP contribution >= 0.6 is 23.2 Å². The summed E-state index contributed by atoms with van der Waals surface area (Å²) in [6, 6.07) is 5.73. The van der Waals surface area contributed by atoms with Gasteiger partial charge >= 0.3 is 5.50 Å². The molecular weight excluding hydrogens is 229 g/mol. The third kappa shape index (κ3) is 2.43. The standard InChI is InChI=1S/C8H5Cl2NO3/c9-6-3-1-5(2-4-6)7(12)8(10)11(13)14/h1-4,8H. The summed E-state index contributed by atoms with van der Waals surface area (Å²) in [4.78, 5) is 20.6. The molecule has 0 aliphatic carbocycles. The smallest absolute Gasteiger partial charge is 0.285 e. The highest BCUT2D eigenvalue weighted by Gasteiger charge is 2.27. The summed E-state index contributed by atoms with van der Waals surface area (Å²) >= 11 is 10.8. The van der Waals surface area contributed by atoms with Gasteiger partial charge in [-0.3, -0.25) is 14.9 Å². The third-order valence-corrected chi connectivity index (χ3v) is 2.14. The maximum atomic E-state index is 11.3. The number of nitro groups is 1. The van der Waals surface area contributed by atoms with E-state index in [1.54, 1.807) is 0 Å². The lowest BCUT2D eigenvalue weighted by Crippen LogP contribution is -2.23. The quantitative estimate of drug-likeness (QED) is 0.265. The molecule has 1 atom stereocenters. The van der Waals surface area contributed by atoms with Gasteiger partial charge in [-0.05, 0) is 35.9 Å². The molecule has 6 heteroatoms. The van der Waals surface area contributed by atoms with Gasteiger partial charge in [0.2, 0.25) is 0 Å². The monoisotopic (exact) mass is 233 g/mol. The van der Waals surface area contributed by atoms with Crippen molar-refractivity contribution in [1.29, 1.82) is 0 Å². The van der Waals surface area contributed by atoms with Gasteiger partial charge in [0.1, 0.15) is 0 Å². The summed E-state index contributed by atoms with van der Waals surface area (Å²) in [6.07, 6.45) is 0. The lowest BCUT2D eigenvalue weighted by Gasteiger charge is -2.00. The highest BCUT2D eigenvalue weighted by molar-refractivity contribution is 6.33. The van der Waals surface area contributed by atoms with Gasteiger partial charge in [-0.2, -0.15) is 0 Å². The summed E-state index contributed by atoms with van der Waals surface area (Å²) in [5, 5.41) is 10.7. The molecule has 0 fully saturated rings. The van der Waals surface area contributed by atoms with Crippen LogP contribution in [0.1, 0.15) is 10.4 Å². The Balaban J connectivity index is 2.90. The van der Waals surface area contributed by atoms with Crippen LogP contribution in [-0.4, -0.2) is 16.2 Å². The Morgan fingerprint density at radius 3 is 2.29 bits per heavy atom. The van der Waals surface area contributed by atoms with Crippen LogP contribution in [0.15, 0.2) is 24.3 Å². The van der Waals surface area contributed by atoms with E-state index in [2.05, 4.69) is 0 Å². The van der Waals surface area contributed by atoms with E-state index in [4.69, 9.17) is 23.2 Å². The van der Waals surface area contributed by atoms with Crippen LogP contribution in [0.25, 0.3) is 0 Å². The molecule has 14 heavy (non-hydrogen) atoms. The van der Waals surface area contributed by atoms with Crippen LogP contribution in [0.2, 0.25) is 5.02 Å². The second-order valence-electron chi connectivity index (χ2n) is 2.49. The summed E-state index contributed by atoms with van der Waals surface area (Å²) < 4.78 is 0.